The molecule has 6 heteroatoms. The molecule has 1 aliphatic rings. The predicted molar refractivity (Wildman–Crippen MR) is 57.6 cm³/mol. The normalized spacial score (nSPS) is 23.6. The van der Waals surface area contributed by atoms with Gasteiger partial charge in [-0.1, -0.05) is 0 Å². The van der Waals surface area contributed by atoms with Crippen molar-refractivity contribution in [3.05, 3.63) is 6.33 Å². The molecule has 1 aromatic rings. The van der Waals surface area contributed by atoms with Gasteiger partial charge in [0.15, 0.2) is 0 Å². The van der Waals surface area contributed by atoms with Gasteiger partial charge in [-0.3, -0.25) is 4.79 Å². The van der Waals surface area contributed by atoms with Crippen LogP contribution in [0.4, 0.5) is 5.95 Å². The van der Waals surface area contributed by atoms with Gasteiger partial charge >= 0.3 is 5.97 Å². The molecule has 2 unspecified atom stereocenters. The molecule has 0 N–H and O–H groups in total. The average molecular weight is 222 g/mol. The fourth-order valence-electron chi connectivity index (χ4n) is 1.93. The van der Waals surface area contributed by atoms with Gasteiger partial charge in [0, 0.05) is 5.71 Å². The largest absolute Gasteiger partial charge is 0.465 e. The number of carbonyl (C=O) groups is 1. The van der Waals surface area contributed by atoms with Crippen molar-refractivity contribution in [1.29, 1.82) is 0 Å². The molecular weight excluding hydrogens is 208 g/mol. The monoisotopic (exact) mass is 222 g/mol. The second-order valence-electron chi connectivity index (χ2n) is 3.73. The number of fused-ring (bicyclic) bond motifs is 1. The maximum absolute atomic E-state index is 11.8. The summed E-state index contributed by atoms with van der Waals surface area (Å²) in [6.07, 6.45) is 1.44. The van der Waals surface area contributed by atoms with Crippen LogP contribution < -0.4 is 0 Å². The van der Waals surface area contributed by atoms with Crippen molar-refractivity contribution in [3.8, 4) is 0 Å². The molecule has 0 fully saturated rings. The van der Waals surface area contributed by atoms with Gasteiger partial charge in [0.2, 0.25) is 5.95 Å². The molecule has 0 bridgehead atoms. The summed E-state index contributed by atoms with van der Waals surface area (Å²) in [6.45, 7) is 5.90. The van der Waals surface area contributed by atoms with E-state index in [9.17, 15) is 4.79 Å². The van der Waals surface area contributed by atoms with Crippen molar-refractivity contribution < 1.29 is 9.53 Å². The number of hydrogen-bond acceptors (Lipinski definition) is 5. The topological polar surface area (TPSA) is 69.4 Å². The summed E-state index contributed by atoms with van der Waals surface area (Å²) in [5, 5.41) is 4.06. The van der Waals surface area contributed by atoms with Gasteiger partial charge in [-0.2, -0.15) is 10.1 Å². The summed E-state index contributed by atoms with van der Waals surface area (Å²) in [5.41, 5.74) is 0.728. The van der Waals surface area contributed by atoms with Crippen molar-refractivity contribution in [3.63, 3.8) is 0 Å². The molecule has 0 saturated carbocycles. The van der Waals surface area contributed by atoms with Crippen LogP contribution in [0.15, 0.2) is 11.3 Å². The predicted octanol–water partition coefficient (Wildman–Crippen LogP) is 1.12. The lowest BCUT2D eigenvalue weighted by Gasteiger charge is -2.26. The highest BCUT2D eigenvalue weighted by molar-refractivity contribution is 6.02. The second kappa shape index (κ2) is 4.03. The summed E-state index contributed by atoms with van der Waals surface area (Å²) < 4.78 is 6.68. The molecule has 86 valence electrons. The molecule has 1 aromatic heterocycles. The van der Waals surface area contributed by atoms with Crippen LogP contribution in [0.5, 0.6) is 0 Å². The minimum Gasteiger partial charge on any atom is -0.465 e. The highest BCUT2D eigenvalue weighted by atomic mass is 16.5. The highest BCUT2D eigenvalue weighted by Gasteiger charge is 2.35. The lowest BCUT2D eigenvalue weighted by molar-refractivity contribution is -0.146. The van der Waals surface area contributed by atoms with E-state index in [0.717, 1.165) is 5.71 Å². The number of carbonyl (C=O) groups excluding carboxylic acids is 1. The Morgan fingerprint density at radius 2 is 2.38 bits per heavy atom. The number of esters is 1. The van der Waals surface area contributed by atoms with Crippen LogP contribution in [0.3, 0.4) is 0 Å². The van der Waals surface area contributed by atoms with Crippen molar-refractivity contribution >= 4 is 17.6 Å². The van der Waals surface area contributed by atoms with Gasteiger partial charge in [-0.15, -0.1) is 0 Å². The summed E-state index contributed by atoms with van der Waals surface area (Å²) >= 11 is 0. The van der Waals surface area contributed by atoms with Crippen LogP contribution in [-0.2, 0) is 9.53 Å². The van der Waals surface area contributed by atoms with Crippen LogP contribution in [0.2, 0.25) is 0 Å². The molecule has 2 heterocycles. The Balaban J connectivity index is 2.33. The quantitative estimate of drug-likeness (QED) is 0.703. The van der Waals surface area contributed by atoms with Gasteiger partial charge in [-0.05, 0) is 20.8 Å². The Labute approximate surface area is 93.3 Å². The summed E-state index contributed by atoms with van der Waals surface area (Å²) in [6, 6.07) is -0.103. The van der Waals surface area contributed by atoms with Gasteiger partial charge < -0.3 is 4.74 Å². The molecule has 6 nitrogen and oxygen atoms in total. The van der Waals surface area contributed by atoms with Gasteiger partial charge in [0.25, 0.3) is 0 Å². The van der Waals surface area contributed by atoms with E-state index in [2.05, 4.69) is 15.1 Å². The van der Waals surface area contributed by atoms with Crippen LogP contribution >= 0.6 is 0 Å². The van der Waals surface area contributed by atoms with Crippen molar-refractivity contribution in [2.75, 3.05) is 6.61 Å². The van der Waals surface area contributed by atoms with E-state index in [1.165, 1.54) is 6.33 Å². The first-order valence-corrected chi connectivity index (χ1v) is 5.26. The Hall–Kier alpha value is -1.72. The summed E-state index contributed by atoms with van der Waals surface area (Å²) in [5.74, 6) is -0.0721. The third-order valence-electron chi connectivity index (χ3n) is 2.69. The first kappa shape index (κ1) is 10.8. The van der Waals surface area contributed by atoms with Crippen LogP contribution in [0.1, 0.15) is 26.8 Å². The fourth-order valence-corrected chi connectivity index (χ4v) is 1.93. The minimum absolute atomic E-state index is 0.103. The molecule has 16 heavy (non-hydrogen) atoms. The second-order valence-corrected chi connectivity index (χ2v) is 3.73. The molecule has 1 aliphatic heterocycles. The van der Waals surface area contributed by atoms with Crippen LogP contribution in [-0.4, -0.2) is 33.1 Å². The molecule has 0 spiro atoms. The Bertz CT molecular complexity index is 438. The zero-order valence-electron chi connectivity index (χ0n) is 9.54. The zero-order chi connectivity index (χ0) is 11.7. The number of aromatic nitrogens is 3. The first-order chi connectivity index (χ1) is 7.65. The first-order valence-electron chi connectivity index (χ1n) is 5.26. The smallest absolute Gasteiger partial charge is 0.316 e. The maximum atomic E-state index is 11.8. The Morgan fingerprint density at radius 1 is 1.62 bits per heavy atom. The lowest BCUT2D eigenvalue weighted by Crippen LogP contribution is -2.34. The van der Waals surface area contributed by atoms with Crippen molar-refractivity contribution in [1.82, 2.24) is 14.8 Å². The fraction of sp³-hybridized carbons (Fsp3) is 0.600. The number of ether oxygens (including phenoxy) is 1. The molecule has 0 radical (unpaired) electrons. The molecule has 0 amide bonds. The zero-order valence-corrected chi connectivity index (χ0v) is 9.54. The summed E-state index contributed by atoms with van der Waals surface area (Å²) in [7, 11) is 0. The third-order valence-corrected chi connectivity index (χ3v) is 2.69. The Morgan fingerprint density at radius 3 is 3.06 bits per heavy atom. The summed E-state index contributed by atoms with van der Waals surface area (Å²) in [4.78, 5) is 20.0. The van der Waals surface area contributed by atoms with E-state index in [0.29, 0.717) is 12.6 Å². The molecule has 2 rings (SSSR count). The third kappa shape index (κ3) is 1.60. The lowest BCUT2D eigenvalue weighted by atomic mass is 9.95. The number of hydrogen-bond donors (Lipinski definition) is 0. The molecule has 0 saturated heterocycles. The Kier molecular flexibility index (Phi) is 2.72. The van der Waals surface area contributed by atoms with E-state index in [1.54, 1.807) is 11.6 Å². The van der Waals surface area contributed by atoms with Gasteiger partial charge in [-0.25, -0.2) is 9.67 Å². The minimum atomic E-state index is -0.367. The molecule has 0 aliphatic carbocycles. The molecule has 0 aromatic carbocycles. The van der Waals surface area contributed by atoms with Gasteiger partial charge in [0.1, 0.15) is 12.2 Å². The van der Waals surface area contributed by atoms with Crippen LogP contribution in [0.25, 0.3) is 0 Å². The number of nitrogens with zero attached hydrogens (tertiary/aromatic N) is 4. The van der Waals surface area contributed by atoms with E-state index in [1.807, 2.05) is 13.8 Å². The van der Waals surface area contributed by atoms with Gasteiger partial charge in [0.05, 0.1) is 12.6 Å². The van der Waals surface area contributed by atoms with Crippen LogP contribution in [0, 0.1) is 5.92 Å². The average Bonchev–Trinajstić information content (AvgIpc) is 2.66. The van der Waals surface area contributed by atoms with Crippen molar-refractivity contribution in [2.24, 2.45) is 10.9 Å². The van der Waals surface area contributed by atoms with E-state index in [-0.39, 0.29) is 17.9 Å². The molecule has 2 atom stereocenters. The standard InChI is InChI=1S/C10H14N4O2/c1-4-16-9(15)8-6(2)13-10-11-5-12-14(10)7(8)3/h5,7-8H,4H2,1-3H3. The van der Waals surface area contributed by atoms with E-state index in [4.69, 9.17) is 4.74 Å². The van der Waals surface area contributed by atoms with E-state index < -0.39 is 0 Å². The number of rotatable bonds is 2. The maximum Gasteiger partial charge on any atom is 0.316 e. The number of aliphatic imine (C=N–C) groups is 1. The highest BCUT2D eigenvalue weighted by Crippen LogP contribution is 2.29. The SMILES string of the molecule is CCOC(=O)C1C(C)=Nc2ncnn2C1C. The van der Waals surface area contributed by atoms with E-state index >= 15 is 0 Å². The molecular formula is C10H14N4O2. The van der Waals surface area contributed by atoms with Crippen molar-refractivity contribution in [2.45, 2.75) is 26.8 Å².